The summed E-state index contributed by atoms with van der Waals surface area (Å²) in [5.41, 5.74) is 2.04. The van der Waals surface area contributed by atoms with Crippen LogP contribution in [-0.2, 0) is 15.0 Å². The topological polar surface area (TPSA) is 61.4 Å². The molecule has 0 spiro atoms. The maximum Gasteiger partial charge on any atom is 0.233 e. The van der Waals surface area contributed by atoms with Crippen LogP contribution in [0, 0.1) is 6.92 Å². The Bertz CT molecular complexity index is 632. The predicted octanol–water partition coefficient (Wildman–Crippen LogP) is 1.74. The zero-order valence-corrected chi connectivity index (χ0v) is 15.3. The fraction of sp³-hybridized carbons (Fsp3) is 0.600. The molecule has 2 aliphatic rings. The number of hydrogen-bond donors (Lipinski definition) is 2. The molecule has 136 valence electrons. The second-order valence-corrected chi connectivity index (χ2v) is 7.50. The van der Waals surface area contributed by atoms with Crippen molar-refractivity contribution in [2.75, 3.05) is 26.7 Å². The summed E-state index contributed by atoms with van der Waals surface area (Å²) in [4.78, 5) is 26.7. The minimum absolute atomic E-state index is 0.0513. The molecule has 2 fully saturated rings. The van der Waals surface area contributed by atoms with Crippen LogP contribution in [0.3, 0.4) is 0 Å². The number of piperidine rings is 1. The Hall–Kier alpha value is -1.88. The lowest BCUT2D eigenvalue weighted by Crippen LogP contribution is -2.54. The van der Waals surface area contributed by atoms with Gasteiger partial charge in [-0.05, 0) is 38.2 Å². The van der Waals surface area contributed by atoms with E-state index in [1.807, 2.05) is 0 Å². The van der Waals surface area contributed by atoms with E-state index in [4.69, 9.17) is 0 Å². The van der Waals surface area contributed by atoms with Crippen molar-refractivity contribution in [3.63, 3.8) is 0 Å². The van der Waals surface area contributed by atoms with Crippen LogP contribution in [0.15, 0.2) is 24.3 Å². The number of benzene rings is 1. The number of carbonyl (C=O) groups excluding carboxylic acids is 2. The maximum absolute atomic E-state index is 13.0. The van der Waals surface area contributed by atoms with Crippen molar-refractivity contribution in [3.05, 3.63) is 35.4 Å². The quantitative estimate of drug-likeness (QED) is 0.856. The van der Waals surface area contributed by atoms with Crippen molar-refractivity contribution in [3.8, 4) is 0 Å². The zero-order chi connectivity index (χ0) is 17.9. The van der Waals surface area contributed by atoms with E-state index in [0.717, 1.165) is 50.8 Å². The number of likely N-dealkylation sites (N-methyl/N-ethyl adjacent to an activating group) is 1. The summed E-state index contributed by atoms with van der Waals surface area (Å²) < 4.78 is 0. The molecule has 1 aromatic rings. The van der Waals surface area contributed by atoms with Crippen LogP contribution in [0.2, 0.25) is 0 Å². The zero-order valence-electron chi connectivity index (χ0n) is 15.3. The Balaban J connectivity index is 1.58. The number of carbonyl (C=O) groups is 2. The molecule has 0 radical (unpaired) electrons. The van der Waals surface area contributed by atoms with Crippen LogP contribution in [-0.4, -0.2) is 49.4 Å². The van der Waals surface area contributed by atoms with Gasteiger partial charge in [-0.2, -0.15) is 0 Å². The van der Waals surface area contributed by atoms with Gasteiger partial charge in [0.05, 0.1) is 12.0 Å². The van der Waals surface area contributed by atoms with E-state index < -0.39 is 0 Å². The lowest BCUT2D eigenvalue weighted by atomic mass is 9.63. The second kappa shape index (κ2) is 7.56. The number of nitrogens with zero attached hydrogens (tertiary/aromatic N) is 1. The first kappa shape index (κ1) is 17.9. The van der Waals surface area contributed by atoms with Crippen LogP contribution in [0.5, 0.6) is 0 Å². The SMILES string of the molecule is CNC(=O)CN1CCC(NC(=O)C2(c3cccc(C)c3)CCC2)CC1. The summed E-state index contributed by atoms with van der Waals surface area (Å²) >= 11 is 0. The van der Waals surface area contributed by atoms with Gasteiger partial charge in [-0.15, -0.1) is 0 Å². The van der Waals surface area contributed by atoms with Gasteiger partial charge in [-0.1, -0.05) is 36.2 Å². The molecule has 1 saturated carbocycles. The van der Waals surface area contributed by atoms with Crippen molar-refractivity contribution < 1.29 is 9.59 Å². The number of hydrogen-bond acceptors (Lipinski definition) is 3. The third-order valence-corrected chi connectivity index (χ3v) is 5.78. The van der Waals surface area contributed by atoms with Gasteiger partial charge in [0.25, 0.3) is 0 Å². The molecule has 5 nitrogen and oxygen atoms in total. The van der Waals surface area contributed by atoms with Gasteiger partial charge in [0.2, 0.25) is 11.8 Å². The summed E-state index contributed by atoms with van der Waals surface area (Å²) in [6.07, 6.45) is 4.82. The smallest absolute Gasteiger partial charge is 0.233 e. The van der Waals surface area contributed by atoms with E-state index in [9.17, 15) is 9.59 Å². The molecule has 2 amide bonds. The van der Waals surface area contributed by atoms with Crippen LogP contribution in [0.1, 0.15) is 43.2 Å². The summed E-state index contributed by atoms with van der Waals surface area (Å²) in [5, 5.41) is 5.96. The molecule has 0 bridgehead atoms. The molecule has 1 aliphatic heterocycles. The Morgan fingerprint density at radius 3 is 2.52 bits per heavy atom. The third kappa shape index (κ3) is 3.87. The minimum Gasteiger partial charge on any atom is -0.358 e. The second-order valence-electron chi connectivity index (χ2n) is 7.50. The molecule has 0 aromatic heterocycles. The molecule has 1 aliphatic carbocycles. The first-order valence-corrected chi connectivity index (χ1v) is 9.34. The summed E-state index contributed by atoms with van der Waals surface area (Å²) in [7, 11) is 1.67. The molecule has 1 saturated heterocycles. The van der Waals surface area contributed by atoms with Gasteiger partial charge >= 0.3 is 0 Å². The number of likely N-dealkylation sites (tertiary alicyclic amines) is 1. The van der Waals surface area contributed by atoms with E-state index >= 15 is 0 Å². The van der Waals surface area contributed by atoms with Crippen LogP contribution >= 0.6 is 0 Å². The molecular weight excluding hydrogens is 314 g/mol. The summed E-state index contributed by atoms with van der Waals surface area (Å²) in [5.74, 6) is 0.240. The van der Waals surface area contributed by atoms with E-state index in [1.165, 1.54) is 5.56 Å². The fourth-order valence-corrected chi connectivity index (χ4v) is 3.96. The number of rotatable bonds is 5. The normalized spacial score (nSPS) is 20.6. The van der Waals surface area contributed by atoms with Crippen molar-refractivity contribution in [2.45, 2.75) is 50.5 Å². The third-order valence-electron chi connectivity index (χ3n) is 5.78. The lowest BCUT2D eigenvalue weighted by molar-refractivity contribution is -0.131. The monoisotopic (exact) mass is 343 g/mol. The molecule has 0 unspecified atom stereocenters. The first-order valence-electron chi connectivity index (χ1n) is 9.34. The first-order chi connectivity index (χ1) is 12.0. The molecule has 0 atom stereocenters. The highest BCUT2D eigenvalue weighted by atomic mass is 16.2. The maximum atomic E-state index is 13.0. The Morgan fingerprint density at radius 2 is 1.96 bits per heavy atom. The summed E-state index contributed by atoms with van der Waals surface area (Å²) in [6, 6.07) is 8.60. The Kier molecular flexibility index (Phi) is 5.42. The average Bonchev–Trinajstić information content (AvgIpc) is 2.55. The van der Waals surface area contributed by atoms with Crippen molar-refractivity contribution in [1.82, 2.24) is 15.5 Å². The molecular formula is C20H29N3O2. The number of amides is 2. The molecule has 1 heterocycles. The molecule has 5 heteroatoms. The fourth-order valence-electron chi connectivity index (χ4n) is 3.96. The van der Waals surface area contributed by atoms with Gasteiger partial charge in [-0.3, -0.25) is 14.5 Å². The highest BCUT2D eigenvalue weighted by molar-refractivity contribution is 5.89. The number of nitrogens with one attached hydrogen (secondary N) is 2. The van der Waals surface area contributed by atoms with Crippen LogP contribution in [0.4, 0.5) is 0 Å². The lowest BCUT2D eigenvalue weighted by Gasteiger charge is -2.42. The summed E-state index contributed by atoms with van der Waals surface area (Å²) in [6.45, 7) is 4.24. The molecule has 25 heavy (non-hydrogen) atoms. The van der Waals surface area contributed by atoms with E-state index in [1.54, 1.807) is 7.05 Å². The molecule has 1 aromatic carbocycles. The van der Waals surface area contributed by atoms with E-state index in [-0.39, 0.29) is 23.3 Å². The van der Waals surface area contributed by atoms with Crippen molar-refractivity contribution in [2.24, 2.45) is 0 Å². The van der Waals surface area contributed by atoms with Crippen molar-refractivity contribution >= 4 is 11.8 Å². The molecule has 2 N–H and O–H groups in total. The molecule has 3 rings (SSSR count). The van der Waals surface area contributed by atoms with Crippen LogP contribution < -0.4 is 10.6 Å². The Morgan fingerprint density at radius 1 is 1.24 bits per heavy atom. The van der Waals surface area contributed by atoms with Gasteiger partial charge < -0.3 is 10.6 Å². The van der Waals surface area contributed by atoms with E-state index in [0.29, 0.717) is 6.54 Å². The standard InChI is InChI=1S/C20H29N3O2/c1-15-5-3-6-16(13-15)20(9-4-10-20)19(25)22-17-7-11-23(12-8-17)14-18(24)21-2/h3,5-6,13,17H,4,7-12,14H2,1-2H3,(H,21,24)(H,22,25). The minimum atomic E-state index is -0.328. The van der Waals surface area contributed by atoms with Gasteiger partial charge in [0, 0.05) is 26.2 Å². The number of aryl methyl sites for hydroxylation is 1. The Labute approximate surface area is 150 Å². The van der Waals surface area contributed by atoms with Gasteiger partial charge in [0.1, 0.15) is 0 Å². The largest absolute Gasteiger partial charge is 0.358 e. The predicted molar refractivity (Wildman–Crippen MR) is 98.4 cm³/mol. The van der Waals surface area contributed by atoms with Gasteiger partial charge in [0.15, 0.2) is 0 Å². The highest BCUT2D eigenvalue weighted by Gasteiger charge is 2.46. The van der Waals surface area contributed by atoms with Crippen molar-refractivity contribution in [1.29, 1.82) is 0 Å². The van der Waals surface area contributed by atoms with Crippen LogP contribution in [0.25, 0.3) is 0 Å². The highest BCUT2D eigenvalue weighted by Crippen LogP contribution is 2.44. The van der Waals surface area contributed by atoms with Gasteiger partial charge in [-0.25, -0.2) is 0 Å². The average molecular weight is 343 g/mol. The van der Waals surface area contributed by atoms with E-state index in [2.05, 4.69) is 46.7 Å².